The molecule has 0 rings (SSSR count). The Morgan fingerprint density at radius 1 is 1.12 bits per heavy atom. The minimum absolute atomic E-state index is 0.192. The minimum Gasteiger partial charge on any atom is -0.370 e. The van der Waals surface area contributed by atoms with Crippen LogP contribution in [-0.4, -0.2) is 18.5 Å². The van der Waals surface area contributed by atoms with Gasteiger partial charge in [0.25, 0.3) is 0 Å². The molecular formula is C13H28N2O. The lowest BCUT2D eigenvalue weighted by molar-refractivity contribution is -0.118. The first kappa shape index (κ1) is 15.4. The van der Waals surface area contributed by atoms with E-state index in [1.165, 1.54) is 32.1 Å². The number of nitrogens with one attached hydrogen (secondary N) is 1. The second-order valence-electron chi connectivity index (χ2n) is 4.52. The number of hydrogen-bond acceptors (Lipinski definition) is 2. The number of carbonyl (C=O) groups is 1. The molecule has 3 heteroatoms. The SMILES string of the molecule is CCCCCCCC(CC(N)=O)NCCC. The summed E-state index contributed by atoms with van der Waals surface area (Å²) in [7, 11) is 0. The van der Waals surface area contributed by atoms with Gasteiger partial charge in [0.05, 0.1) is 0 Å². The molecule has 0 saturated heterocycles. The quantitative estimate of drug-likeness (QED) is 0.534. The van der Waals surface area contributed by atoms with E-state index in [-0.39, 0.29) is 5.91 Å². The van der Waals surface area contributed by atoms with Crippen LogP contribution < -0.4 is 11.1 Å². The van der Waals surface area contributed by atoms with E-state index in [1.54, 1.807) is 0 Å². The highest BCUT2D eigenvalue weighted by Gasteiger charge is 2.10. The molecule has 0 spiro atoms. The van der Waals surface area contributed by atoms with E-state index < -0.39 is 0 Å². The molecule has 0 aliphatic heterocycles. The summed E-state index contributed by atoms with van der Waals surface area (Å²) < 4.78 is 0. The molecule has 0 aromatic rings. The van der Waals surface area contributed by atoms with Crippen molar-refractivity contribution in [2.24, 2.45) is 5.73 Å². The van der Waals surface area contributed by atoms with Gasteiger partial charge in [-0.3, -0.25) is 4.79 Å². The molecule has 0 aliphatic carbocycles. The van der Waals surface area contributed by atoms with Crippen LogP contribution in [0, 0.1) is 0 Å². The zero-order valence-electron chi connectivity index (χ0n) is 10.9. The van der Waals surface area contributed by atoms with Gasteiger partial charge in [-0.25, -0.2) is 0 Å². The van der Waals surface area contributed by atoms with Crippen LogP contribution in [0.5, 0.6) is 0 Å². The molecule has 3 nitrogen and oxygen atoms in total. The highest BCUT2D eigenvalue weighted by molar-refractivity contribution is 5.74. The van der Waals surface area contributed by atoms with Gasteiger partial charge in [-0.1, -0.05) is 46.0 Å². The lowest BCUT2D eigenvalue weighted by Gasteiger charge is -2.16. The molecular weight excluding hydrogens is 200 g/mol. The summed E-state index contributed by atoms with van der Waals surface area (Å²) in [5, 5.41) is 3.39. The minimum atomic E-state index is -0.192. The fraction of sp³-hybridized carbons (Fsp3) is 0.923. The molecule has 3 N–H and O–H groups in total. The summed E-state index contributed by atoms with van der Waals surface area (Å²) >= 11 is 0. The van der Waals surface area contributed by atoms with E-state index in [2.05, 4.69) is 19.2 Å². The number of rotatable bonds is 11. The topological polar surface area (TPSA) is 55.1 Å². The van der Waals surface area contributed by atoms with Crippen LogP contribution in [0.1, 0.15) is 65.2 Å². The van der Waals surface area contributed by atoms with Crippen molar-refractivity contribution in [3.05, 3.63) is 0 Å². The van der Waals surface area contributed by atoms with E-state index in [0.29, 0.717) is 12.5 Å². The maximum atomic E-state index is 10.9. The summed E-state index contributed by atoms with van der Waals surface area (Å²) in [6.45, 7) is 5.33. The highest BCUT2D eigenvalue weighted by Crippen LogP contribution is 2.09. The van der Waals surface area contributed by atoms with Crippen LogP contribution in [0.15, 0.2) is 0 Å². The molecule has 0 radical (unpaired) electrons. The van der Waals surface area contributed by atoms with Crippen molar-refractivity contribution in [2.75, 3.05) is 6.54 Å². The van der Waals surface area contributed by atoms with Crippen molar-refractivity contribution >= 4 is 5.91 Å². The molecule has 1 atom stereocenters. The summed E-state index contributed by atoms with van der Waals surface area (Å²) in [6, 6.07) is 0.291. The van der Waals surface area contributed by atoms with Gasteiger partial charge in [0.15, 0.2) is 0 Å². The van der Waals surface area contributed by atoms with E-state index in [4.69, 9.17) is 5.73 Å². The summed E-state index contributed by atoms with van der Waals surface area (Å²) in [4.78, 5) is 10.9. The lowest BCUT2D eigenvalue weighted by atomic mass is 10.0. The van der Waals surface area contributed by atoms with Crippen molar-refractivity contribution in [3.63, 3.8) is 0 Å². The van der Waals surface area contributed by atoms with Crippen LogP contribution >= 0.6 is 0 Å². The van der Waals surface area contributed by atoms with E-state index >= 15 is 0 Å². The molecule has 0 aromatic heterocycles. The first-order valence-corrected chi connectivity index (χ1v) is 6.72. The molecule has 0 saturated carbocycles. The molecule has 0 heterocycles. The Balaban J connectivity index is 3.60. The Kier molecular flexibility index (Phi) is 10.5. The van der Waals surface area contributed by atoms with Gasteiger partial charge in [0, 0.05) is 12.5 Å². The number of primary amides is 1. The Hall–Kier alpha value is -0.570. The molecule has 1 unspecified atom stereocenters. The maximum Gasteiger partial charge on any atom is 0.218 e. The normalized spacial score (nSPS) is 12.6. The fourth-order valence-electron chi connectivity index (χ4n) is 1.86. The number of carbonyl (C=O) groups excluding carboxylic acids is 1. The Labute approximate surface area is 100 Å². The Morgan fingerprint density at radius 3 is 2.38 bits per heavy atom. The van der Waals surface area contributed by atoms with Crippen LogP contribution in [0.25, 0.3) is 0 Å². The predicted molar refractivity (Wildman–Crippen MR) is 69.3 cm³/mol. The first-order valence-electron chi connectivity index (χ1n) is 6.72. The smallest absolute Gasteiger partial charge is 0.218 e. The number of hydrogen-bond donors (Lipinski definition) is 2. The van der Waals surface area contributed by atoms with Crippen LogP contribution in [0.4, 0.5) is 0 Å². The molecule has 16 heavy (non-hydrogen) atoms. The van der Waals surface area contributed by atoms with Crippen molar-refractivity contribution in [1.82, 2.24) is 5.32 Å². The van der Waals surface area contributed by atoms with Crippen molar-refractivity contribution in [3.8, 4) is 0 Å². The van der Waals surface area contributed by atoms with Gasteiger partial charge in [-0.15, -0.1) is 0 Å². The first-order chi connectivity index (χ1) is 7.70. The zero-order valence-corrected chi connectivity index (χ0v) is 10.9. The van der Waals surface area contributed by atoms with Gasteiger partial charge in [0.1, 0.15) is 0 Å². The van der Waals surface area contributed by atoms with Crippen molar-refractivity contribution in [2.45, 2.75) is 71.3 Å². The largest absolute Gasteiger partial charge is 0.370 e. The standard InChI is InChI=1S/C13H28N2O/c1-3-5-6-7-8-9-12(11-13(14)16)15-10-4-2/h12,15H,3-11H2,1-2H3,(H2,14,16). The van der Waals surface area contributed by atoms with Gasteiger partial charge in [-0.2, -0.15) is 0 Å². The lowest BCUT2D eigenvalue weighted by Crippen LogP contribution is -2.34. The third-order valence-electron chi connectivity index (χ3n) is 2.79. The average Bonchev–Trinajstić information content (AvgIpc) is 2.24. The Bertz CT molecular complexity index is 171. The predicted octanol–water partition coefficient (Wildman–Crippen LogP) is 2.59. The molecule has 1 amide bonds. The summed E-state index contributed by atoms with van der Waals surface area (Å²) in [5.74, 6) is -0.192. The summed E-state index contributed by atoms with van der Waals surface area (Å²) in [6.07, 6.45) is 9.05. The van der Waals surface area contributed by atoms with Gasteiger partial charge >= 0.3 is 0 Å². The zero-order chi connectivity index (χ0) is 12.2. The second kappa shape index (κ2) is 10.9. The van der Waals surface area contributed by atoms with Crippen LogP contribution in [-0.2, 0) is 4.79 Å². The third kappa shape index (κ3) is 9.97. The monoisotopic (exact) mass is 228 g/mol. The highest BCUT2D eigenvalue weighted by atomic mass is 16.1. The molecule has 96 valence electrons. The number of amides is 1. The molecule has 0 aromatic carbocycles. The molecule has 0 aliphatic rings. The van der Waals surface area contributed by atoms with Crippen LogP contribution in [0.3, 0.4) is 0 Å². The van der Waals surface area contributed by atoms with Gasteiger partial charge in [-0.05, 0) is 19.4 Å². The maximum absolute atomic E-state index is 10.9. The second-order valence-corrected chi connectivity index (χ2v) is 4.52. The number of nitrogens with two attached hydrogens (primary N) is 1. The third-order valence-corrected chi connectivity index (χ3v) is 2.79. The fourth-order valence-corrected chi connectivity index (χ4v) is 1.86. The van der Waals surface area contributed by atoms with Crippen LogP contribution in [0.2, 0.25) is 0 Å². The van der Waals surface area contributed by atoms with Gasteiger partial charge < -0.3 is 11.1 Å². The molecule has 0 fully saturated rings. The average molecular weight is 228 g/mol. The number of unbranched alkanes of at least 4 members (excludes halogenated alkanes) is 4. The van der Waals surface area contributed by atoms with Gasteiger partial charge in [0.2, 0.25) is 5.91 Å². The molecule has 0 bridgehead atoms. The summed E-state index contributed by atoms with van der Waals surface area (Å²) in [5.41, 5.74) is 5.24. The van der Waals surface area contributed by atoms with E-state index in [0.717, 1.165) is 19.4 Å². The Morgan fingerprint density at radius 2 is 1.81 bits per heavy atom. The van der Waals surface area contributed by atoms with Crippen molar-refractivity contribution in [1.29, 1.82) is 0 Å². The van der Waals surface area contributed by atoms with E-state index in [1.807, 2.05) is 0 Å². The van der Waals surface area contributed by atoms with E-state index in [9.17, 15) is 4.79 Å². The van der Waals surface area contributed by atoms with Crippen molar-refractivity contribution < 1.29 is 4.79 Å².